The highest BCUT2D eigenvalue weighted by molar-refractivity contribution is 6.30. The largest absolute Gasteiger partial charge is 0.466 e. The van der Waals surface area contributed by atoms with Crippen molar-refractivity contribution in [3.05, 3.63) is 69.7 Å². The van der Waals surface area contributed by atoms with Crippen LogP contribution in [0.1, 0.15) is 45.3 Å². The van der Waals surface area contributed by atoms with Gasteiger partial charge >= 0.3 is 5.97 Å². The van der Waals surface area contributed by atoms with Crippen molar-refractivity contribution in [1.29, 1.82) is 0 Å². The molecule has 0 saturated carbocycles. The van der Waals surface area contributed by atoms with Gasteiger partial charge in [0, 0.05) is 34.0 Å². The minimum atomic E-state index is -0.606. The Balaban J connectivity index is 1.85. The first kappa shape index (κ1) is 20.5. The van der Waals surface area contributed by atoms with E-state index in [1.807, 2.05) is 37.3 Å². The van der Waals surface area contributed by atoms with Crippen molar-refractivity contribution in [2.45, 2.75) is 39.5 Å². The van der Waals surface area contributed by atoms with Crippen LogP contribution in [0, 0.1) is 5.41 Å². The van der Waals surface area contributed by atoms with Gasteiger partial charge in [-0.2, -0.15) is 0 Å². The van der Waals surface area contributed by atoms with Gasteiger partial charge in [-0.25, -0.2) is 4.79 Å². The minimum Gasteiger partial charge on any atom is -0.466 e. The van der Waals surface area contributed by atoms with Gasteiger partial charge in [0.1, 0.15) is 11.5 Å². The Kier molecular flexibility index (Phi) is 5.10. The summed E-state index contributed by atoms with van der Waals surface area (Å²) < 4.78 is 11.2. The highest BCUT2D eigenvalue weighted by atomic mass is 35.5. The van der Waals surface area contributed by atoms with Gasteiger partial charge in [0.15, 0.2) is 5.78 Å². The number of allylic oxidation sites excluding steroid dienone is 3. The summed E-state index contributed by atoms with van der Waals surface area (Å²) in [6, 6.07) is 11.0. The van der Waals surface area contributed by atoms with Crippen molar-refractivity contribution in [1.82, 2.24) is 5.32 Å². The average Bonchev–Trinajstić information content (AvgIpc) is 3.15. The highest BCUT2D eigenvalue weighted by Gasteiger charge is 2.44. The summed E-state index contributed by atoms with van der Waals surface area (Å²) in [5, 5.41) is 3.90. The number of nitrogens with one attached hydrogen (secondary N) is 1. The third-order valence-corrected chi connectivity index (χ3v) is 5.90. The molecule has 0 unspecified atom stereocenters. The normalized spacial score (nSPS) is 20.7. The van der Waals surface area contributed by atoms with Crippen molar-refractivity contribution in [2.24, 2.45) is 5.41 Å². The van der Waals surface area contributed by atoms with Crippen molar-refractivity contribution < 1.29 is 18.7 Å². The van der Waals surface area contributed by atoms with E-state index >= 15 is 0 Å². The van der Waals surface area contributed by atoms with Crippen molar-refractivity contribution in [3.8, 4) is 11.3 Å². The topological polar surface area (TPSA) is 68.5 Å². The maximum atomic E-state index is 13.2. The number of hydrogen-bond acceptors (Lipinski definition) is 5. The summed E-state index contributed by atoms with van der Waals surface area (Å²) >= 11 is 6.12. The van der Waals surface area contributed by atoms with Crippen LogP contribution in [0.3, 0.4) is 0 Å². The minimum absolute atomic E-state index is 0.0216. The van der Waals surface area contributed by atoms with E-state index < -0.39 is 11.9 Å². The van der Waals surface area contributed by atoms with Gasteiger partial charge in [0.25, 0.3) is 0 Å². The molecule has 0 fully saturated rings. The zero-order valence-electron chi connectivity index (χ0n) is 17.5. The molecule has 1 atom stereocenters. The summed E-state index contributed by atoms with van der Waals surface area (Å²) in [5.41, 5.74) is 3.20. The molecule has 1 aliphatic heterocycles. The molecule has 4 rings (SSSR count). The zero-order chi connectivity index (χ0) is 21.6. The summed E-state index contributed by atoms with van der Waals surface area (Å²) in [6.45, 7) is 5.98. The highest BCUT2D eigenvalue weighted by Crippen LogP contribution is 2.47. The number of ether oxygens (including phenoxy) is 1. The molecule has 1 aromatic carbocycles. The number of hydrogen-bond donors (Lipinski definition) is 1. The van der Waals surface area contributed by atoms with Crippen LogP contribution in [-0.2, 0) is 14.3 Å². The predicted molar refractivity (Wildman–Crippen MR) is 115 cm³/mol. The van der Waals surface area contributed by atoms with E-state index in [1.54, 1.807) is 6.07 Å². The number of ketones is 1. The number of furan rings is 1. The van der Waals surface area contributed by atoms with Crippen LogP contribution in [0.2, 0.25) is 5.02 Å². The van der Waals surface area contributed by atoms with E-state index in [2.05, 4.69) is 19.2 Å². The van der Waals surface area contributed by atoms with Crippen molar-refractivity contribution >= 4 is 23.4 Å². The summed E-state index contributed by atoms with van der Waals surface area (Å²) in [5.74, 6) is 0.0962. The lowest BCUT2D eigenvalue weighted by molar-refractivity contribution is -0.136. The molecule has 30 heavy (non-hydrogen) atoms. The molecule has 6 heteroatoms. The van der Waals surface area contributed by atoms with E-state index in [0.717, 1.165) is 17.7 Å². The lowest BCUT2D eigenvalue weighted by Crippen LogP contribution is -2.38. The van der Waals surface area contributed by atoms with Gasteiger partial charge in [-0.1, -0.05) is 37.6 Å². The molecular weight excluding hydrogens is 402 g/mol. The Labute approximate surface area is 180 Å². The van der Waals surface area contributed by atoms with E-state index in [4.69, 9.17) is 20.8 Å². The maximum Gasteiger partial charge on any atom is 0.336 e. The van der Waals surface area contributed by atoms with Crippen molar-refractivity contribution in [3.63, 3.8) is 0 Å². The molecule has 0 radical (unpaired) electrons. The fourth-order valence-corrected chi connectivity index (χ4v) is 4.60. The molecule has 0 amide bonds. The Morgan fingerprint density at radius 1 is 1.23 bits per heavy atom. The molecule has 1 aliphatic carbocycles. The van der Waals surface area contributed by atoms with Gasteiger partial charge < -0.3 is 14.5 Å². The standard InChI is InChI=1S/C24H24ClNO4/c1-13-20(23(28)29-4)22(21-16(26-13)11-24(2,3)12-17(21)27)19-9-8-18(30-19)14-6-5-7-15(25)10-14/h5-10,22,26H,11-12H2,1-4H3/t22-/m0/s1. The third-order valence-electron chi connectivity index (χ3n) is 5.67. The molecule has 2 aromatic rings. The lowest BCUT2D eigenvalue weighted by atomic mass is 9.69. The number of benzene rings is 1. The van der Waals surface area contributed by atoms with Gasteiger partial charge in [-0.15, -0.1) is 0 Å². The number of Topliss-reactive ketones (excluding diaryl/α,β-unsaturated/α-hetero) is 1. The van der Waals surface area contributed by atoms with Crippen LogP contribution in [0.25, 0.3) is 11.3 Å². The summed E-state index contributed by atoms with van der Waals surface area (Å²) in [7, 11) is 1.34. The molecule has 1 N–H and O–H groups in total. The fraction of sp³-hybridized carbons (Fsp3) is 0.333. The molecule has 0 saturated heterocycles. The second-order valence-corrected chi connectivity index (χ2v) is 9.07. The number of carbonyl (C=O) groups excluding carboxylic acids is 2. The monoisotopic (exact) mass is 425 g/mol. The van der Waals surface area contributed by atoms with E-state index in [0.29, 0.717) is 39.8 Å². The fourth-order valence-electron chi connectivity index (χ4n) is 4.41. The van der Waals surface area contributed by atoms with Crippen LogP contribution in [0.15, 0.2) is 63.4 Å². The van der Waals surface area contributed by atoms with Crippen LogP contribution in [0.5, 0.6) is 0 Å². The second-order valence-electron chi connectivity index (χ2n) is 8.63. The summed E-state index contributed by atoms with van der Waals surface area (Å²) in [4.78, 5) is 25.9. The Morgan fingerprint density at radius 2 is 2.00 bits per heavy atom. The number of rotatable bonds is 3. The van der Waals surface area contributed by atoms with Gasteiger partial charge in [0.2, 0.25) is 0 Å². The van der Waals surface area contributed by atoms with Crippen LogP contribution in [-0.4, -0.2) is 18.9 Å². The molecule has 2 aliphatic rings. The molecule has 0 spiro atoms. The Hall–Kier alpha value is -2.79. The molecule has 156 valence electrons. The van der Waals surface area contributed by atoms with Gasteiger partial charge in [-0.05, 0) is 43.0 Å². The van der Waals surface area contributed by atoms with Crippen LogP contribution >= 0.6 is 11.6 Å². The first-order valence-corrected chi connectivity index (χ1v) is 10.3. The summed E-state index contributed by atoms with van der Waals surface area (Å²) in [6.07, 6.45) is 1.14. The lowest BCUT2D eigenvalue weighted by Gasteiger charge is -2.38. The van der Waals surface area contributed by atoms with Crippen LogP contribution < -0.4 is 5.32 Å². The van der Waals surface area contributed by atoms with Crippen LogP contribution in [0.4, 0.5) is 0 Å². The second kappa shape index (κ2) is 7.47. The Bertz CT molecular complexity index is 1110. The van der Waals surface area contributed by atoms with E-state index in [-0.39, 0.29) is 11.2 Å². The van der Waals surface area contributed by atoms with E-state index in [1.165, 1.54) is 7.11 Å². The predicted octanol–water partition coefficient (Wildman–Crippen LogP) is 5.38. The molecule has 1 aromatic heterocycles. The molecule has 5 nitrogen and oxygen atoms in total. The first-order chi connectivity index (χ1) is 14.2. The number of dihydropyridines is 1. The van der Waals surface area contributed by atoms with E-state index in [9.17, 15) is 9.59 Å². The number of esters is 1. The van der Waals surface area contributed by atoms with Crippen molar-refractivity contribution in [2.75, 3.05) is 7.11 Å². The molecule has 2 heterocycles. The number of carbonyl (C=O) groups is 2. The first-order valence-electron chi connectivity index (χ1n) is 9.88. The molecular formula is C24H24ClNO4. The third kappa shape index (κ3) is 3.58. The number of methoxy groups -OCH3 is 1. The SMILES string of the molecule is COC(=O)C1=C(C)NC2=C(C(=O)CC(C)(C)C2)[C@H]1c1ccc(-c2cccc(Cl)c2)o1. The number of halogens is 1. The Morgan fingerprint density at radius 3 is 2.70 bits per heavy atom. The zero-order valence-corrected chi connectivity index (χ0v) is 18.2. The quantitative estimate of drug-likeness (QED) is 0.669. The van der Waals surface area contributed by atoms with Gasteiger partial charge in [0.05, 0.1) is 18.6 Å². The molecule has 0 bridgehead atoms. The smallest absolute Gasteiger partial charge is 0.336 e. The van der Waals surface area contributed by atoms with Gasteiger partial charge in [-0.3, -0.25) is 4.79 Å². The average molecular weight is 426 g/mol. The maximum absolute atomic E-state index is 13.2.